The summed E-state index contributed by atoms with van der Waals surface area (Å²) in [6, 6.07) is 6.28. The van der Waals surface area contributed by atoms with E-state index >= 15 is 0 Å². The van der Waals surface area contributed by atoms with Gasteiger partial charge in [-0.3, -0.25) is 9.36 Å². The monoisotopic (exact) mass is 360 g/mol. The molecule has 1 aromatic heterocycles. The van der Waals surface area contributed by atoms with Gasteiger partial charge in [0.05, 0.1) is 17.5 Å². The van der Waals surface area contributed by atoms with Crippen LogP contribution in [-0.2, 0) is 4.79 Å². The van der Waals surface area contributed by atoms with Crippen LogP contribution < -0.4 is 0 Å². The van der Waals surface area contributed by atoms with Gasteiger partial charge in [-0.25, -0.2) is 0 Å². The molecule has 1 fully saturated rings. The lowest BCUT2D eigenvalue weighted by Crippen LogP contribution is -2.40. The first-order valence-corrected chi connectivity index (χ1v) is 9.52. The number of aliphatic hydroxyl groups excluding tert-OH is 1. The Morgan fingerprint density at radius 1 is 1.24 bits per heavy atom. The standard InChI is InChI=1S/C18H24N4O2S/c1-12-4-5-13(2)16(10-12)22-14(3)19-20-18(22)25-11-17(24)21-8-6-15(23)7-9-21/h4-5,10,15,23H,6-9,11H2,1-3H3. The van der Waals surface area contributed by atoms with E-state index in [2.05, 4.69) is 42.2 Å². The average molecular weight is 360 g/mol. The Bertz CT molecular complexity index is 766. The highest BCUT2D eigenvalue weighted by Crippen LogP contribution is 2.25. The van der Waals surface area contributed by atoms with Crippen LogP contribution in [0, 0.1) is 20.8 Å². The number of nitrogens with zero attached hydrogens (tertiary/aromatic N) is 4. The number of aromatic nitrogens is 3. The number of carbonyl (C=O) groups excluding carboxylic acids is 1. The van der Waals surface area contributed by atoms with Crippen LogP contribution in [0.1, 0.15) is 29.8 Å². The number of amides is 1. The second-order valence-corrected chi connectivity index (χ2v) is 7.50. The van der Waals surface area contributed by atoms with E-state index in [1.165, 1.54) is 17.3 Å². The van der Waals surface area contributed by atoms with Gasteiger partial charge in [-0.1, -0.05) is 23.9 Å². The maximum absolute atomic E-state index is 12.4. The lowest BCUT2D eigenvalue weighted by atomic mass is 10.1. The van der Waals surface area contributed by atoms with Gasteiger partial charge in [0, 0.05) is 13.1 Å². The van der Waals surface area contributed by atoms with Gasteiger partial charge in [-0.2, -0.15) is 0 Å². The molecule has 6 nitrogen and oxygen atoms in total. The highest BCUT2D eigenvalue weighted by atomic mass is 32.2. The van der Waals surface area contributed by atoms with Gasteiger partial charge in [0.1, 0.15) is 5.82 Å². The molecule has 1 aliphatic rings. The van der Waals surface area contributed by atoms with Gasteiger partial charge in [0.15, 0.2) is 5.16 Å². The molecule has 1 aliphatic heterocycles. The Balaban J connectivity index is 1.74. The van der Waals surface area contributed by atoms with E-state index in [-0.39, 0.29) is 12.0 Å². The molecule has 2 heterocycles. The zero-order valence-electron chi connectivity index (χ0n) is 14.9. The SMILES string of the molecule is Cc1ccc(C)c(-n2c(C)nnc2SCC(=O)N2CCC(O)CC2)c1. The second-order valence-electron chi connectivity index (χ2n) is 6.56. The average Bonchev–Trinajstić information content (AvgIpc) is 2.96. The Hall–Kier alpha value is -1.86. The zero-order valence-corrected chi connectivity index (χ0v) is 15.7. The van der Waals surface area contributed by atoms with Crippen molar-refractivity contribution < 1.29 is 9.90 Å². The molecule has 0 atom stereocenters. The van der Waals surface area contributed by atoms with E-state index in [0.717, 1.165) is 22.2 Å². The number of carbonyl (C=O) groups is 1. The predicted molar refractivity (Wildman–Crippen MR) is 98.1 cm³/mol. The molecule has 1 N–H and O–H groups in total. The lowest BCUT2D eigenvalue weighted by Gasteiger charge is -2.29. The number of benzene rings is 1. The molecular weight excluding hydrogens is 336 g/mol. The number of aryl methyl sites for hydroxylation is 3. The van der Waals surface area contributed by atoms with Crippen LogP contribution in [0.3, 0.4) is 0 Å². The maximum Gasteiger partial charge on any atom is 0.233 e. The van der Waals surface area contributed by atoms with Gasteiger partial charge in [0.25, 0.3) is 0 Å². The minimum atomic E-state index is -0.272. The molecule has 2 aromatic rings. The quantitative estimate of drug-likeness (QED) is 0.847. The van der Waals surface area contributed by atoms with E-state index < -0.39 is 0 Å². The molecule has 3 rings (SSSR count). The number of thioether (sulfide) groups is 1. The third-order valence-electron chi connectivity index (χ3n) is 4.54. The first-order valence-electron chi connectivity index (χ1n) is 8.54. The predicted octanol–water partition coefficient (Wildman–Crippen LogP) is 2.27. The van der Waals surface area contributed by atoms with Crippen molar-refractivity contribution >= 4 is 17.7 Å². The third-order valence-corrected chi connectivity index (χ3v) is 5.46. The molecule has 0 spiro atoms. The summed E-state index contributed by atoms with van der Waals surface area (Å²) in [5, 5.41) is 18.8. The third kappa shape index (κ3) is 4.04. The minimum Gasteiger partial charge on any atom is -0.393 e. The van der Waals surface area contributed by atoms with Crippen LogP contribution in [0.15, 0.2) is 23.4 Å². The molecular formula is C18H24N4O2S. The molecule has 25 heavy (non-hydrogen) atoms. The number of rotatable bonds is 4. The summed E-state index contributed by atoms with van der Waals surface area (Å²) in [5.74, 6) is 1.23. The summed E-state index contributed by atoms with van der Waals surface area (Å²) in [7, 11) is 0. The molecule has 0 unspecified atom stereocenters. The normalized spacial score (nSPS) is 15.6. The summed E-state index contributed by atoms with van der Waals surface area (Å²) in [5.41, 5.74) is 3.37. The molecule has 1 amide bonds. The zero-order chi connectivity index (χ0) is 18.0. The van der Waals surface area contributed by atoms with Crippen molar-refractivity contribution in [1.82, 2.24) is 19.7 Å². The largest absolute Gasteiger partial charge is 0.393 e. The van der Waals surface area contributed by atoms with E-state index in [4.69, 9.17) is 0 Å². The summed E-state index contributed by atoms with van der Waals surface area (Å²) in [6.07, 6.45) is 1.05. The number of likely N-dealkylation sites (tertiary alicyclic amines) is 1. The van der Waals surface area contributed by atoms with Gasteiger partial charge in [0.2, 0.25) is 5.91 Å². The van der Waals surface area contributed by atoms with Crippen molar-refractivity contribution in [3.8, 4) is 5.69 Å². The molecule has 0 radical (unpaired) electrons. The Labute approximate surface area is 152 Å². The van der Waals surface area contributed by atoms with E-state index in [9.17, 15) is 9.90 Å². The van der Waals surface area contributed by atoms with E-state index in [1.807, 2.05) is 16.4 Å². The number of aliphatic hydroxyl groups is 1. The van der Waals surface area contributed by atoms with Crippen molar-refractivity contribution in [2.75, 3.05) is 18.8 Å². The first-order chi connectivity index (χ1) is 12.0. The van der Waals surface area contributed by atoms with Gasteiger partial charge >= 0.3 is 0 Å². The van der Waals surface area contributed by atoms with Crippen LogP contribution in [0.2, 0.25) is 0 Å². The molecule has 1 aromatic carbocycles. The molecule has 7 heteroatoms. The fraction of sp³-hybridized carbons (Fsp3) is 0.500. The van der Waals surface area contributed by atoms with Crippen LogP contribution >= 0.6 is 11.8 Å². The van der Waals surface area contributed by atoms with Crippen molar-refractivity contribution in [3.63, 3.8) is 0 Å². The summed E-state index contributed by atoms with van der Waals surface area (Å²) in [6.45, 7) is 7.30. The maximum atomic E-state index is 12.4. The van der Waals surface area contributed by atoms with Gasteiger partial charge < -0.3 is 10.0 Å². The highest BCUT2D eigenvalue weighted by molar-refractivity contribution is 7.99. The Kier molecular flexibility index (Phi) is 5.44. The molecule has 1 saturated heterocycles. The first kappa shape index (κ1) is 17.9. The summed E-state index contributed by atoms with van der Waals surface area (Å²) < 4.78 is 2.01. The smallest absolute Gasteiger partial charge is 0.233 e. The second kappa shape index (κ2) is 7.58. The van der Waals surface area contributed by atoms with E-state index in [1.54, 1.807) is 0 Å². The Morgan fingerprint density at radius 2 is 1.96 bits per heavy atom. The van der Waals surface area contributed by atoms with Crippen LogP contribution in [0.5, 0.6) is 0 Å². The van der Waals surface area contributed by atoms with Crippen molar-refractivity contribution in [2.24, 2.45) is 0 Å². The minimum absolute atomic E-state index is 0.0880. The van der Waals surface area contributed by atoms with Gasteiger partial charge in [-0.05, 0) is 50.8 Å². The fourth-order valence-electron chi connectivity index (χ4n) is 3.01. The molecule has 0 aliphatic carbocycles. The Morgan fingerprint density at radius 3 is 2.68 bits per heavy atom. The summed E-state index contributed by atoms with van der Waals surface area (Å²) in [4.78, 5) is 14.2. The lowest BCUT2D eigenvalue weighted by molar-refractivity contribution is -0.130. The van der Waals surface area contributed by atoms with Gasteiger partial charge in [-0.15, -0.1) is 10.2 Å². The number of hydrogen-bond donors (Lipinski definition) is 1. The van der Waals surface area contributed by atoms with Crippen molar-refractivity contribution in [2.45, 2.75) is 44.9 Å². The van der Waals surface area contributed by atoms with Crippen molar-refractivity contribution in [3.05, 3.63) is 35.2 Å². The molecule has 0 bridgehead atoms. The van der Waals surface area contributed by atoms with Crippen molar-refractivity contribution in [1.29, 1.82) is 0 Å². The number of hydrogen-bond acceptors (Lipinski definition) is 5. The van der Waals surface area contributed by atoms with Crippen LogP contribution in [0.25, 0.3) is 5.69 Å². The fourth-order valence-corrected chi connectivity index (χ4v) is 3.90. The molecule has 134 valence electrons. The van der Waals surface area contributed by atoms with Crippen LogP contribution in [-0.4, -0.2) is 55.6 Å². The molecule has 0 saturated carbocycles. The summed E-state index contributed by atoms with van der Waals surface area (Å²) >= 11 is 1.42. The highest BCUT2D eigenvalue weighted by Gasteiger charge is 2.22. The number of piperidine rings is 1. The van der Waals surface area contributed by atoms with Crippen LogP contribution in [0.4, 0.5) is 0 Å². The topological polar surface area (TPSA) is 71.2 Å². The van der Waals surface area contributed by atoms with E-state index in [0.29, 0.717) is 31.7 Å².